The van der Waals surface area contributed by atoms with Crippen LogP contribution in [0.15, 0.2) is 24.3 Å². The summed E-state index contributed by atoms with van der Waals surface area (Å²) in [5.74, 6) is -1.20. The molecule has 0 radical (unpaired) electrons. The average molecular weight is 263 g/mol. The van der Waals surface area contributed by atoms with Crippen molar-refractivity contribution in [2.75, 3.05) is 0 Å². The Morgan fingerprint density at radius 2 is 1.84 bits per heavy atom. The van der Waals surface area contributed by atoms with Gasteiger partial charge in [0.05, 0.1) is 0 Å². The molecule has 2 N–H and O–H groups in total. The molecule has 0 bridgehead atoms. The zero-order valence-electron chi connectivity index (χ0n) is 11.5. The zero-order valence-corrected chi connectivity index (χ0v) is 11.5. The molecule has 19 heavy (non-hydrogen) atoms. The van der Waals surface area contributed by atoms with Gasteiger partial charge in [-0.05, 0) is 38.7 Å². The number of rotatable bonds is 7. The molecule has 0 fully saturated rings. The number of carboxylic acid groups (broad SMARTS) is 1. The van der Waals surface area contributed by atoms with E-state index in [4.69, 9.17) is 5.11 Å². The largest absolute Gasteiger partial charge is 0.480 e. The summed E-state index contributed by atoms with van der Waals surface area (Å²) in [6.07, 6.45) is 3.02. The summed E-state index contributed by atoms with van der Waals surface area (Å²) in [6, 6.07) is 7.54. The van der Waals surface area contributed by atoms with Gasteiger partial charge < -0.3 is 10.4 Å². The van der Waals surface area contributed by atoms with E-state index >= 15 is 0 Å². The minimum Gasteiger partial charge on any atom is -0.480 e. The van der Waals surface area contributed by atoms with Crippen LogP contribution in [-0.2, 0) is 16.0 Å². The van der Waals surface area contributed by atoms with Crippen molar-refractivity contribution in [2.24, 2.45) is 0 Å². The summed E-state index contributed by atoms with van der Waals surface area (Å²) >= 11 is 0. The molecule has 1 aromatic rings. The maximum atomic E-state index is 11.4. The van der Waals surface area contributed by atoms with Gasteiger partial charge in [0, 0.05) is 6.42 Å². The number of benzene rings is 1. The number of aliphatic carboxylic acids is 1. The quantitative estimate of drug-likeness (QED) is 0.742. The summed E-state index contributed by atoms with van der Waals surface area (Å²) in [7, 11) is 0. The van der Waals surface area contributed by atoms with E-state index in [0.29, 0.717) is 6.42 Å². The molecule has 0 saturated heterocycles. The fourth-order valence-corrected chi connectivity index (χ4v) is 1.74. The Labute approximate surface area is 113 Å². The Bertz CT molecular complexity index is 426. The maximum absolute atomic E-state index is 11.4. The number of hydrogen-bond donors (Lipinski definition) is 2. The zero-order chi connectivity index (χ0) is 14.3. The second kappa shape index (κ2) is 7.56. The van der Waals surface area contributed by atoms with E-state index in [-0.39, 0.29) is 5.91 Å². The summed E-state index contributed by atoms with van der Waals surface area (Å²) in [5, 5.41) is 11.1. The monoisotopic (exact) mass is 263 g/mol. The molecule has 0 aliphatic rings. The van der Waals surface area contributed by atoms with Gasteiger partial charge in [-0.2, -0.15) is 0 Å². The molecular formula is C15H21NO3. The Kier molecular flexibility index (Phi) is 6.06. The van der Waals surface area contributed by atoms with Crippen LogP contribution in [-0.4, -0.2) is 23.0 Å². The predicted octanol–water partition coefficient (Wildman–Crippen LogP) is 2.30. The Morgan fingerprint density at radius 3 is 2.42 bits per heavy atom. The van der Waals surface area contributed by atoms with E-state index in [1.165, 1.54) is 18.1 Å². The van der Waals surface area contributed by atoms with Crippen molar-refractivity contribution in [3.63, 3.8) is 0 Å². The van der Waals surface area contributed by atoms with Crippen molar-refractivity contribution in [1.29, 1.82) is 0 Å². The van der Waals surface area contributed by atoms with Gasteiger partial charge >= 0.3 is 5.97 Å². The third-order valence-corrected chi connectivity index (χ3v) is 2.99. The number of aryl methyl sites for hydroxylation is 2. The molecule has 4 nitrogen and oxygen atoms in total. The van der Waals surface area contributed by atoms with Gasteiger partial charge in [0.2, 0.25) is 5.91 Å². The standard InChI is InChI=1S/C15H21NO3/c1-11-7-9-13(10-8-11)5-3-4-6-14(17)16-12(2)15(18)19/h7-10,12H,3-6H2,1-2H3,(H,16,17)(H,18,19)/t12-/m1/s1. The molecule has 0 aliphatic heterocycles. The lowest BCUT2D eigenvalue weighted by atomic mass is 10.1. The highest BCUT2D eigenvalue weighted by molar-refractivity contribution is 5.83. The molecule has 4 heteroatoms. The molecule has 0 unspecified atom stereocenters. The highest BCUT2D eigenvalue weighted by Gasteiger charge is 2.13. The first-order valence-electron chi connectivity index (χ1n) is 6.57. The van der Waals surface area contributed by atoms with Crippen LogP contribution >= 0.6 is 0 Å². The van der Waals surface area contributed by atoms with Crippen LogP contribution in [0.1, 0.15) is 37.3 Å². The maximum Gasteiger partial charge on any atom is 0.325 e. The van der Waals surface area contributed by atoms with E-state index in [2.05, 4.69) is 36.5 Å². The van der Waals surface area contributed by atoms with Crippen LogP contribution in [0.25, 0.3) is 0 Å². The molecule has 1 amide bonds. The van der Waals surface area contributed by atoms with Gasteiger partial charge in [0.15, 0.2) is 0 Å². The third kappa shape index (κ3) is 6.04. The van der Waals surface area contributed by atoms with E-state index < -0.39 is 12.0 Å². The molecule has 0 saturated carbocycles. The van der Waals surface area contributed by atoms with E-state index in [1.54, 1.807) is 0 Å². The van der Waals surface area contributed by atoms with Gasteiger partial charge in [0.1, 0.15) is 6.04 Å². The summed E-state index contributed by atoms with van der Waals surface area (Å²) in [4.78, 5) is 22.0. The average Bonchev–Trinajstić information content (AvgIpc) is 2.36. The minimum atomic E-state index is -1.01. The van der Waals surface area contributed by atoms with E-state index in [9.17, 15) is 9.59 Å². The van der Waals surface area contributed by atoms with Crippen molar-refractivity contribution in [1.82, 2.24) is 5.32 Å². The third-order valence-electron chi connectivity index (χ3n) is 2.99. The fourth-order valence-electron chi connectivity index (χ4n) is 1.74. The first-order valence-corrected chi connectivity index (χ1v) is 6.57. The smallest absolute Gasteiger partial charge is 0.325 e. The Hall–Kier alpha value is -1.84. The number of unbranched alkanes of at least 4 members (excludes halogenated alkanes) is 1. The van der Waals surface area contributed by atoms with Crippen molar-refractivity contribution < 1.29 is 14.7 Å². The highest BCUT2D eigenvalue weighted by atomic mass is 16.4. The molecule has 0 aromatic heterocycles. The Morgan fingerprint density at radius 1 is 1.21 bits per heavy atom. The van der Waals surface area contributed by atoms with Gasteiger partial charge in [-0.1, -0.05) is 29.8 Å². The van der Waals surface area contributed by atoms with Crippen LogP contribution in [0.2, 0.25) is 0 Å². The number of carboxylic acids is 1. The summed E-state index contributed by atoms with van der Waals surface area (Å²) in [6.45, 7) is 3.52. The van der Waals surface area contributed by atoms with Crippen LogP contribution in [0, 0.1) is 6.92 Å². The second-order valence-corrected chi connectivity index (χ2v) is 4.82. The summed E-state index contributed by atoms with van der Waals surface area (Å²) < 4.78 is 0. The van der Waals surface area contributed by atoms with Crippen LogP contribution in [0.5, 0.6) is 0 Å². The number of carbonyl (C=O) groups is 2. The second-order valence-electron chi connectivity index (χ2n) is 4.82. The van der Waals surface area contributed by atoms with Crippen LogP contribution in [0.4, 0.5) is 0 Å². The molecule has 1 rings (SSSR count). The van der Waals surface area contributed by atoms with E-state index in [0.717, 1.165) is 19.3 Å². The van der Waals surface area contributed by atoms with Crippen LogP contribution < -0.4 is 5.32 Å². The van der Waals surface area contributed by atoms with Crippen molar-refractivity contribution in [3.05, 3.63) is 35.4 Å². The van der Waals surface area contributed by atoms with Gasteiger partial charge in [-0.3, -0.25) is 9.59 Å². The predicted molar refractivity (Wildman–Crippen MR) is 74.0 cm³/mol. The lowest BCUT2D eigenvalue weighted by Gasteiger charge is -2.08. The normalized spacial score (nSPS) is 11.9. The lowest BCUT2D eigenvalue weighted by Crippen LogP contribution is -2.38. The summed E-state index contributed by atoms with van der Waals surface area (Å²) in [5.41, 5.74) is 2.51. The molecule has 0 spiro atoms. The minimum absolute atomic E-state index is 0.196. The number of hydrogen-bond acceptors (Lipinski definition) is 2. The number of carbonyl (C=O) groups excluding carboxylic acids is 1. The molecule has 1 atom stereocenters. The molecule has 0 aliphatic carbocycles. The number of amides is 1. The molecular weight excluding hydrogens is 242 g/mol. The van der Waals surface area contributed by atoms with Crippen LogP contribution in [0.3, 0.4) is 0 Å². The van der Waals surface area contributed by atoms with Crippen molar-refractivity contribution in [2.45, 2.75) is 45.6 Å². The highest BCUT2D eigenvalue weighted by Crippen LogP contribution is 2.08. The first kappa shape index (κ1) is 15.2. The van der Waals surface area contributed by atoms with Crippen molar-refractivity contribution in [3.8, 4) is 0 Å². The fraction of sp³-hybridized carbons (Fsp3) is 0.467. The van der Waals surface area contributed by atoms with Crippen molar-refractivity contribution >= 4 is 11.9 Å². The topological polar surface area (TPSA) is 66.4 Å². The Balaban J connectivity index is 2.18. The van der Waals surface area contributed by atoms with Gasteiger partial charge in [-0.25, -0.2) is 0 Å². The van der Waals surface area contributed by atoms with E-state index in [1.807, 2.05) is 0 Å². The first-order chi connectivity index (χ1) is 8.99. The SMILES string of the molecule is Cc1ccc(CCCCC(=O)N[C@H](C)C(=O)O)cc1. The van der Waals surface area contributed by atoms with Gasteiger partial charge in [0.25, 0.3) is 0 Å². The molecule has 104 valence electrons. The molecule has 0 heterocycles. The molecule has 1 aromatic carbocycles. The lowest BCUT2D eigenvalue weighted by molar-refractivity contribution is -0.141. The number of nitrogens with one attached hydrogen (secondary N) is 1. The van der Waals surface area contributed by atoms with Gasteiger partial charge in [-0.15, -0.1) is 0 Å².